The maximum absolute atomic E-state index is 13.4. The summed E-state index contributed by atoms with van der Waals surface area (Å²) in [5, 5.41) is 64.2. The van der Waals surface area contributed by atoms with Crippen LogP contribution in [0.25, 0.3) is 16.5 Å². The van der Waals surface area contributed by atoms with Crippen LogP contribution in [0.5, 0.6) is 23.0 Å². The van der Waals surface area contributed by atoms with Gasteiger partial charge in [0.05, 0.1) is 30.9 Å². The van der Waals surface area contributed by atoms with Gasteiger partial charge in [-0.3, -0.25) is 28.1 Å². The third-order valence-electron chi connectivity index (χ3n) is 9.45. The number of carbonyl (C=O) groups is 1. The van der Waals surface area contributed by atoms with E-state index in [1.54, 1.807) is 0 Å². The van der Waals surface area contributed by atoms with Crippen LogP contribution in [0.1, 0.15) is 16.1 Å². The van der Waals surface area contributed by atoms with E-state index in [2.05, 4.69) is 35.8 Å². The number of phenolic OH excluding ortho intramolecular Hbond substituents is 1. The molecule has 0 aliphatic heterocycles. The number of phenols is 1. The summed E-state index contributed by atoms with van der Waals surface area (Å²) >= 11 is 0. The van der Waals surface area contributed by atoms with Gasteiger partial charge < -0.3 is 34.6 Å². The van der Waals surface area contributed by atoms with Crippen LogP contribution in [-0.2, 0) is 40.5 Å². The highest BCUT2D eigenvalue weighted by molar-refractivity contribution is 7.87. The van der Waals surface area contributed by atoms with E-state index in [0.29, 0.717) is 10.7 Å². The minimum atomic E-state index is -5.57. The topological polar surface area (TPSA) is 455 Å². The van der Waals surface area contributed by atoms with Crippen LogP contribution in [0.2, 0.25) is 0 Å². The summed E-state index contributed by atoms with van der Waals surface area (Å²) in [6.07, 6.45) is 0. The number of rotatable bonds is 19. The number of azo groups is 3. The second kappa shape index (κ2) is 20.4. The Morgan fingerprint density at radius 2 is 1.14 bits per heavy atom. The molecule has 0 fully saturated rings. The van der Waals surface area contributed by atoms with E-state index < -0.39 is 131 Å². The van der Waals surface area contributed by atoms with Crippen LogP contribution in [0.4, 0.5) is 34.1 Å². The fourth-order valence-corrected chi connectivity index (χ4v) is 9.04. The minimum absolute atomic E-state index is 0.0481. The van der Waals surface area contributed by atoms with Crippen molar-refractivity contribution in [1.29, 1.82) is 0 Å². The van der Waals surface area contributed by atoms with Gasteiger partial charge in [-0.05, 0) is 61.0 Å². The molecule has 6 aromatic rings. The van der Waals surface area contributed by atoms with Crippen LogP contribution in [-0.4, -0.2) is 122 Å². The zero-order chi connectivity index (χ0) is 52.4. The molecule has 9 N–H and O–H groups in total. The molecule has 0 spiro atoms. The smallest absolute Gasteiger partial charge is 0.356 e. The number of methoxy groups -OCH3 is 1. The maximum atomic E-state index is 13.4. The molecule has 1 heterocycles. The highest BCUT2D eigenvalue weighted by Crippen LogP contribution is 2.47. The summed E-state index contributed by atoms with van der Waals surface area (Å²) in [6.45, 7) is -0.570. The number of H-pyrrole nitrogens is 1. The van der Waals surface area contributed by atoms with E-state index in [-0.39, 0.29) is 52.2 Å². The van der Waals surface area contributed by atoms with E-state index >= 15 is 0 Å². The molecule has 71 heavy (non-hydrogen) atoms. The summed E-state index contributed by atoms with van der Waals surface area (Å²) in [7, 11) is -19.3. The average Bonchev–Trinajstić information content (AvgIpc) is 3.62. The molecule has 0 unspecified atom stereocenters. The van der Waals surface area contributed by atoms with Crippen molar-refractivity contribution >= 4 is 91.3 Å². The van der Waals surface area contributed by atoms with Gasteiger partial charge in [-0.25, -0.2) is 9.48 Å². The van der Waals surface area contributed by atoms with Gasteiger partial charge in [-0.15, -0.1) is 30.7 Å². The largest absolute Gasteiger partial charge is 0.505 e. The van der Waals surface area contributed by atoms with E-state index in [1.807, 2.05) is 0 Å². The third-order valence-corrected chi connectivity index (χ3v) is 13.1. The Labute approximate surface area is 398 Å². The number of carboxylic acids is 1. The monoisotopic (exact) mass is 1070 g/mol. The predicted molar refractivity (Wildman–Crippen MR) is 240 cm³/mol. The van der Waals surface area contributed by atoms with Crippen molar-refractivity contribution in [3.8, 4) is 28.7 Å². The third kappa shape index (κ3) is 11.5. The summed E-state index contributed by atoms with van der Waals surface area (Å²) in [5.74, 6) is -3.65. The molecule has 33 heteroatoms. The van der Waals surface area contributed by atoms with Gasteiger partial charge in [-0.2, -0.15) is 33.7 Å². The Hall–Kier alpha value is -7.60. The Morgan fingerprint density at radius 1 is 0.620 bits per heavy atom. The number of ether oxygens (including phenoxy) is 3. The summed E-state index contributed by atoms with van der Waals surface area (Å²) in [5.41, 5.74) is -5.83. The van der Waals surface area contributed by atoms with Gasteiger partial charge in [0.2, 0.25) is 0 Å². The fourth-order valence-electron chi connectivity index (χ4n) is 6.37. The number of benzene rings is 5. The molecule has 29 nitrogen and oxygen atoms in total. The number of aromatic carboxylic acids is 1. The molecule has 5 aromatic carbocycles. The molecule has 0 saturated carbocycles. The highest BCUT2D eigenvalue weighted by Gasteiger charge is 2.29. The standard InChI is InChI=1S/C38H34N8O21S4/c1-18-13-24(27(65-2)17-30(18)69(56,57)58)40-41-25-15-29(67-12-10-48)26(16-28(25)66-11-9-47)42-43-32-31(70(59,60)61)14-22-21(35(32)49)7-8-23(36(22)71(62,63)64)39-44-33-34(38(51)52)45-46(37(33)50)19-3-5-20(6-4-19)68(53,54)55/h3-8,13-17,45,47-49H,9-12H2,1-2H3,(H,51,52)(H,53,54,55)(H,56,57,58)(H,59,60,61)(H,62,63,64). The number of hydrogen-bond donors (Lipinski definition) is 9. The number of aliphatic hydroxyl groups excluding tert-OH is 2. The molecule has 0 radical (unpaired) electrons. The van der Waals surface area contributed by atoms with Crippen LogP contribution >= 0.6 is 0 Å². The Morgan fingerprint density at radius 3 is 1.63 bits per heavy atom. The number of aromatic amines is 1. The second-order valence-corrected chi connectivity index (χ2v) is 19.6. The second-order valence-electron chi connectivity index (χ2n) is 14.1. The molecule has 0 bridgehead atoms. The summed E-state index contributed by atoms with van der Waals surface area (Å²) in [6, 6.07) is 10.3. The molecular formula is C38H34N8O21S4. The van der Waals surface area contributed by atoms with Gasteiger partial charge in [0.1, 0.15) is 73.6 Å². The van der Waals surface area contributed by atoms with Crippen LogP contribution in [0.3, 0.4) is 0 Å². The number of nitrogens with one attached hydrogen (secondary N) is 1. The summed E-state index contributed by atoms with van der Waals surface area (Å²) in [4.78, 5) is 21.8. The maximum Gasteiger partial charge on any atom is 0.356 e. The first-order valence-electron chi connectivity index (χ1n) is 19.2. The zero-order valence-electron chi connectivity index (χ0n) is 35.8. The van der Waals surface area contributed by atoms with Gasteiger partial charge in [0.15, 0.2) is 17.1 Å². The van der Waals surface area contributed by atoms with Crippen LogP contribution in [0.15, 0.2) is 122 Å². The predicted octanol–water partition coefficient (Wildman–Crippen LogP) is 5.01. The SMILES string of the molecule is COc1cc(S(=O)(=O)O)c(C)cc1N=Nc1cc(OCCO)c(N=Nc2c(S(=O)(=O)O)cc3c(S(=O)(=O)O)c(N=Nc4c(C(=O)O)[nH]n(-c5ccc(S(=O)(=O)O)cc5)c4=O)ccc3c2O)cc1OCCO. The normalized spacial score (nSPS) is 12.7. The molecule has 0 saturated heterocycles. The van der Waals surface area contributed by atoms with E-state index in [4.69, 9.17) is 14.2 Å². The van der Waals surface area contributed by atoms with E-state index in [0.717, 1.165) is 54.6 Å². The molecule has 376 valence electrons. The van der Waals surface area contributed by atoms with Crippen molar-refractivity contribution in [1.82, 2.24) is 9.78 Å². The molecule has 0 atom stereocenters. The highest BCUT2D eigenvalue weighted by atomic mass is 32.2. The quantitative estimate of drug-likeness (QED) is 0.0380. The molecule has 0 amide bonds. The molecule has 1 aromatic heterocycles. The first-order chi connectivity index (χ1) is 33.2. The van der Waals surface area contributed by atoms with Crippen LogP contribution < -0.4 is 19.8 Å². The Balaban J connectivity index is 1.49. The molecule has 0 aliphatic rings. The number of hydrogen-bond acceptors (Lipinski definition) is 22. The Kier molecular flexibility index (Phi) is 15.2. The molecule has 0 aliphatic carbocycles. The lowest BCUT2D eigenvalue weighted by atomic mass is 10.1. The Bertz CT molecular complexity index is 3740. The van der Waals surface area contributed by atoms with Crippen LogP contribution in [0, 0.1) is 6.92 Å². The number of aliphatic hydroxyl groups is 2. The summed E-state index contributed by atoms with van der Waals surface area (Å²) < 4.78 is 155. The lowest BCUT2D eigenvalue weighted by molar-refractivity contribution is 0.0690. The van der Waals surface area contributed by atoms with Crippen molar-refractivity contribution in [2.24, 2.45) is 30.7 Å². The number of aromatic nitrogens is 2. The first kappa shape index (κ1) is 52.8. The van der Waals surface area contributed by atoms with Gasteiger partial charge in [0.25, 0.3) is 46.0 Å². The van der Waals surface area contributed by atoms with Crippen molar-refractivity contribution < 1.29 is 91.3 Å². The number of aryl methyl sites for hydroxylation is 1. The fraction of sp³-hybridized carbons (Fsp3) is 0.158. The van der Waals surface area contributed by atoms with Gasteiger partial charge >= 0.3 is 5.97 Å². The first-order valence-corrected chi connectivity index (χ1v) is 25.0. The minimum Gasteiger partial charge on any atom is -0.505 e. The lowest BCUT2D eigenvalue weighted by Crippen LogP contribution is -2.14. The van der Waals surface area contributed by atoms with Gasteiger partial charge in [0, 0.05) is 29.0 Å². The van der Waals surface area contributed by atoms with Crippen molar-refractivity contribution in [3.63, 3.8) is 0 Å². The van der Waals surface area contributed by atoms with E-state index in [9.17, 15) is 81.9 Å². The number of nitrogens with zero attached hydrogens (tertiary/aromatic N) is 7. The van der Waals surface area contributed by atoms with Crippen molar-refractivity contribution in [3.05, 3.63) is 88.3 Å². The zero-order valence-corrected chi connectivity index (χ0v) is 39.1. The van der Waals surface area contributed by atoms with Gasteiger partial charge in [-0.1, -0.05) is 0 Å². The molecular weight excluding hydrogens is 1030 g/mol. The molecule has 6 rings (SSSR count). The number of carboxylic acid groups (broad SMARTS) is 1. The van der Waals surface area contributed by atoms with Crippen molar-refractivity contribution in [2.45, 2.75) is 26.5 Å². The number of aromatic hydroxyl groups is 1. The van der Waals surface area contributed by atoms with E-state index in [1.165, 1.54) is 20.1 Å². The lowest BCUT2D eigenvalue weighted by Gasteiger charge is -2.14. The number of fused-ring (bicyclic) bond motifs is 1. The van der Waals surface area contributed by atoms with Crippen molar-refractivity contribution in [2.75, 3.05) is 33.5 Å². The average molecular weight is 1070 g/mol.